The van der Waals surface area contributed by atoms with Gasteiger partial charge in [-0.25, -0.2) is 4.79 Å². The molecule has 0 fully saturated rings. The highest BCUT2D eigenvalue weighted by molar-refractivity contribution is 9.09. The summed E-state index contributed by atoms with van der Waals surface area (Å²) in [6.07, 6.45) is 0.163. The van der Waals surface area contributed by atoms with Crippen molar-refractivity contribution >= 4 is 39.3 Å². The van der Waals surface area contributed by atoms with Gasteiger partial charge in [0.15, 0.2) is 0 Å². The fourth-order valence-corrected chi connectivity index (χ4v) is 1.67. The Kier molecular flexibility index (Phi) is 4.96. The van der Waals surface area contributed by atoms with Crippen molar-refractivity contribution in [2.45, 2.75) is 6.42 Å². The summed E-state index contributed by atoms with van der Waals surface area (Å²) < 4.78 is 4.63. The molecule has 86 valence electrons. The van der Waals surface area contributed by atoms with Gasteiger partial charge in [-0.2, -0.15) is 0 Å². The van der Waals surface area contributed by atoms with E-state index in [1.54, 1.807) is 18.2 Å². The number of benzene rings is 1. The Hall–Kier alpha value is -0.870. The van der Waals surface area contributed by atoms with Crippen LogP contribution in [0.25, 0.3) is 0 Å². The van der Waals surface area contributed by atoms with Crippen molar-refractivity contribution in [3.8, 4) is 0 Å². The monoisotopic (exact) mass is 304 g/mol. The van der Waals surface area contributed by atoms with Gasteiger partial charge in [0.05, 0.1) is 18.0 Å². The molecule has 0 atom stereocenters. The van der Waals surface area contributed by atoms with E-state index in [2.05, 4.69) is 20.7 Å². The molecule has 0 heterocycles. The molecule has 1 aromatic rings. The number of ether oxygens (including phenoxy) is 1. The SMILES string of the molecule is COC(=O)c1ccc(Cl)cc1CC(=O)CBr. The highest BCUT2D eigenvalue weighted by Crippen LogP contribution is 2.18. The predicted octanol–water partition coefficient (Wildman–Crippen LogP) is 2.63. The van der Waals surface area contributed by atoms with Crippen LogP contribution in [0.2, 0.25) is 5.02 Å². The summed E-state index contributed by atoms with van der Waals surface area (Å²) in [7, 11) is 1.30. The fourth-order valence-electron chi connectivity index (χ4n) is 1.28. The molecular weight excluding hydrogens is 295 g/mol. The molecular formula is C11H10BrClO3. The topological polar surface area (TPSA) is 43.4 Å². The number of rotatable bonds is 4. The Morgan fingerprint density at radius 2 is 2.12 bits per heavy atom. The second kappa shape index (κ2) is 6.01. The van der Waals surface area contributed by atoms with Crippen LogP contribution in [0.5, 0.6) is 0 Å². The number of hydrogen-bond acceptors (Lipinski definition) is 3. The van der Waals surface area contributed by atoms with E-state index in [0.717, 1.165) is 0 Å². The summed E-state index contributed by atoms with van der Waals surface area (Å²) in [4.78, 5) is 22.7. The molecule has 0 amide bonds. The molecule has 1 aromatic carbocycles. The van der Waals surface area contributed by atoms with Crippen molar-refractivity contribution in [3.63, 3.8) is 0 Å². The van der Waals surface area contributed by atoms with Crippen molar-refractivity contribution < 1.29 is 14.3 Å². The quantitative estimate of drug-likeness (QED) is 0.634. The van der Waals surface area contributed by atoms with E-state index in [1.165, 1.54) is 7.11 Å². The molecule has 0 aliphatic carbocycles. The standard InChI is InChI=1S/C11H10BrClO3/c1-16-11(15)10-3-2-8(13)4-7(10)5-9(14)6-12/h2-4H,5-6H2,1H3. The summed E-state index contributed by atoms with van der Waals surface area (Å²) in [6, 6.07) is 4.76. The maximum Gasteiger partial charge on any atom is 0.338 e. The Morgan fingerprint density at radius 3 is 2.69 bits per heavy atom. The Morgan fingerprint density at radius 1 is 1.44 bits per heavy atom. The van der Waals surface area contributed by atoms with Crippen LogP contribution in [0.3, 0.4) is 0 Å². The van der Waals surface area contributed by atoms with E-state index in [4.69, 9.17) is 11.6 Å². The van der Waals surface area contributed by atoms with Crippen LogP contribution in [0.1, 0.15) is 15.9 Å². The van der Waals surface area contributed by atoms with E-state index >= 15 is 0 Å². The van der Waals surface area contributed by atoms with Crippen LogP contribution in [-0.4, -0.2) is 24.2 Å². The van der Waals surface area contributed by atoms with E-state index in [1.807, 2.05) is 0 Å². The maximum absolute atomic E-state index is 11.4. The number of methoxy groups -OCH3 is 1. The van der Waals surface area contributed by atoms with Crippen LogP contribution in [-0.2, 0) is 16.0 Å². The molecule has 0 saturated heterocycles. The zero-order valence-corrected chi connectivity index (χ0v) is 11.0. The lowest BCUT2D eigenvalue weighted by atomic mass is 10.0. The van der Waals surface area contributed by atoms with E-state index in [0.29, 0.717) is 16.1 Å². The van der Waals surface area contributed by atoms with Crippen LogP contribution in [0.4, 0.5) is 0 Å². The Balaban J connectivity index is 3.08. The zero-order chi connectivity index (χ0) is 12.1. The van der Waals surface area contributed by atoms with Gasteiger partial charge in [0, 0.05) is 11.4 Å². The molecule has 0 spiro atoms. The van der Waals surface area contributed by atoms with E-state index in [9.17, 15) is 9.59 Å². The summed E-state index contributed by atoms with van der Waals surface area (Å²) in [6.45, 7) is 0. The number of hydrogen-bond donors (Lipinski definition) is 0. The molecule has 0 saturated carbocycles. The number of carbonyl (C=O) groups is 2. The van der Waals surface area contributed by atoms with Crippen molar-refractivity contribution in [1.82, 2.24) is 0 Å². The lowest BCUT2D eigenvalue weighted by molar-refractivity contribution is -0.115. The van der Waals surface area contributed by atoms with Gasteiger partial charge in [0.25, 0.3) is 0 Å². The lowest BCUT2D eigenvalue weighted by Crippen LogP contribution is -2.10. The summed E-state index contributed by atoms with van der Waals surface area (Å²) >= 11 is 8.89. The Bertz CT molecular complexity index is 418. The average molecular weight is 306 g/mol. The second-order valence-electron chi connectivity index (χ2n) is 3.14. The van der Waals surface area contributed by atoms with Gasteiger partial charge in [-0.1, -0.05) is 27.5 Å². The minimum Gasteiger partial charge on any atom is -0.465 e. The molecule has 16 heavy (non-hydrogen) atoms. The second-order valence-corrected chi connectivity index (χ2v) is 4.14. The van der Waals surface area contributed by atoms with Gasteiger partial charge in [-0.05, 0) is 23.8 Å². The minimum absolute atomic E-state index is 0.0209. The van der Waals surface area contributed by atoms with E-state index < -0.39 is 5.97 Å². The molecule has 5 heteroatoms. The van der Waals surface area contributed by atoms with Gasteiger partial charge in [0.2, 0.25) is 0 Å². The van der Waals surface area contributed by atoms with Crippen molar-refractivity contribution in [1.29, 1.82) is 0 Å². The first-order valence-corrected chi connectivity index (χ1v) is 6.02. The van der Waals surface area contributed by atoms with Gasteiger partial charge in [-0.3, -0.25) is 4.79 Å². The van der Waals surface area contributed by atoms with Crippen molar-refractivity contribution in [3.05, 3.63) is 34.3 Å². The van der Waals surface area contributed by atoms with Crippen LogP contribution < -0.4 is 0 Å². The third kappa shape index (κ3) is 3.32. The number of ketones is 1. The summed E-state index contributed by atoms with van der Waals surface area (Å²) in [5.74, 6) is -0.485. The largest absolute Gasteiger partial charge is 0.465 e. The number of carbonyl (C=O) groups excluding carboxylic acids is 2. The van der Waals surface area contributed by atoms with Crippen molar-refractivity contribution in [2.24, 2.45) is 0 Å². The predicted molar refractivity (Wildman–Crippen MR) is 65.3 cm³/mol. The fraction of sp³-hybridized carbons (Fsp3) is 0.273. The number of esters is 1. The summed E-state index contributed by atoms with van der Waals surface area (Å²) in [5.41, 5.74) is 0.963. The summed E-state index contributed by atoms with van der Waals surface area (Å²) in [5, 5.41) is 0.741. The highest BCUT2D eigenvalue weighted by Gasteiger charge is 2.14. The molecule has 0 unspecified atom stereocenters. The smallest absolute Gasteiger partial charge is 0.338 e. The minimum atomic E-state index is -0.464. The lowest BCUT2D eigenvalue weighted by Gasteiger charge is -2.07. The first-order valence-electron chi connectivity index (χ1n) is 4.53. The first-order chi connectivity index (χ1) is 7.58. The van der Waals surface area contributed by atoms with E-state index in [-0.39, 0.29) is 17.5 Å². The van der Waals surface area contributed by atoms with Gasteiger partial charge < -0.3 is 4.74 Å². The van der Waals surface area contributed by atoms with Crippen LogP contribution >= 0.6 is 27.5 Å². The Labute approximate surface area is 107 Å². The molecule has 0 aromatic heterocycles. The van der Waals surface area contributed by atoms with Gasteiger partial charge in [-0.15, -0.1) is 0 Å². The number of Topliss-reactive ketones (excluding diaryl/α,β-unsaturated/α-hetero) is 1. The average Bonchev–Trinajstić information content (AvgIpc) is 2.28. The van der Waals surface area contributed by atoms with Gasteiger partial charge in [0.1, 0.15) is 5.78 Å². The maximum atomic E-state index is 11.4. The molecule has 0 bridgehead atoms. The van der Waals surface area contributed by atoms with Crippen molar-refractivity contribution in [2.75, 3.05) is 12.4 Å². The zero-order valence-electron chi connectivity index (χ0n) is 8.63. The van der Waals surface area contributed by atoms with Gasteiger partial charge >= 0.3 is 5.97 Å². The highest BCUT2D eigenvalue weighted by atomic mass is 79.9. The number of halogens is 2. The third-order valence-electron chi connectivity index (χ3n) is 2.01. The van der Waals surface area contributed by atoms with Crippen LogP contribution in [0, 0.1) is 0 Å². The first kappa shape index (κ1) is 13.2. The molecule has 0 aliphatic heterocycles. The van der Waals surface area contributed by atoms with Crippen LogP contribution in [0.15, 0.2) is 18.2 Å². The molecule has 0 N–H and O–H groups in total. The molecule has 0 radical (unpaired) electrons. The number of alkyl halides is 1. The normalized spacial score (nSPS) is 9.94. The molecule has 0 aliphatic rings. The molecule has 3 nitrogen and oxygen atoms in total. The third-order valence-corrected chi connectivity index (χ3v) is 2.87. The molecule has 1 rings (SSSR count).